The van der Waals surface area contributed by atoms with E-state index in [0.29, 0.717) is 16.6 Å². The minimum Gasteiger partial charge on any atom is -0.488 e. The van der Waals surface area contributed by atoms with Gasteiger partial charge >= 0.3 is 0 Å². The van der Waals surface area contributed by atoms with Gasteiger partial charge in [-0.3, -0.25) is 0 Å². The smallest absolute Gasteiger partial charge is 0.129 e. The van der Waals surface area contributed by atoms with Crippen LogP contribution in [0.5, 0.6) is 5.75 Å². The zero-order chi connectivity index (χ0) is 18.2. The van der Waals surface area contributed by atoms with E-state index in [1.807, 2.05) is 24.3 Å². The van der Waals surface area contributed by atoms with Crippen molar-refractivity contribution in [3.63, 3.8) is 0 Å². The summed E-state index contributed by atoms with van der Waals surface area (Å²) in [6.45, 7) is 0.933. The van der Waals surface area contributed by atoms with Gasteiger partial charge < -0.3 is 10.1 Å². The molecule has 1 aliphatic rings. The van der Waals surface area contributed by atoms with Crippen molar-refractivity contribution < 1.29 is 9.13 Å². The minimum absolute atomic E-state index is 0. The van der Waals surface area contributed by atoms with Gasteiger partial charge in [-0.2, -0.15) is 0 Å². The lowest BCUT2D eigenvalue weighted by molar-refractivity contribution is 0.294. The van der Waals surface area contributed by atoms with Crippen molar-refractivity contribution in [3.05, 3.63) is 64.4 Å². The Labute approximate surface area is 172 Å². The number of benzene rings is 2. The second-order valence-corrected chi connectivity index (χ2v) is 7.49. The maximum absolute atomic E-state index is 13.8. The Morgan fingerprint density at radius 3 is 2.41 bits per heavy atom. The molecular weight excluding hydrogens is 384 g/mol. The van der Waals surface area contributed by atoms with Gasteiger partial charge in [-0.1, -0.05) is 61.9 Å². The Kier molecular flexibility index (Phi) is 9.40. The first-order valence-corrected chi connectivity index (χ1v) is 9.98. The van der Waals surface area contributed by atoms with Crippen molar-refractivity contribution in [2.24, 2.45) is 0 Å². The molecule has 2 nitrogen and oxygen atoms in total. The first-order chi connectivity index (χ1) is 12.7. The molecule has 1 aliphatic carbocycles. The van der Waals surface area contributed by atoms with Crippen LogP contribution in [-0.4, -0.2) is 6.04 Å². The lowest BCUT2D eigenvalue weighted by atomic mass is 9.96. The lowest BCUT2D eigenvalue weighted by Gasteiger charge is -2.22. The van der Waals surface area contributed by atoms with E-state index in [1.165, 1.54) is 51.0 Å². The fourth-order valence-corrected chi connectivity index (χ4v) is 3.71. The molecule has 3 rings (SSSR count). The average Bonchev–Trinajstić information content (AvgIpc) is 2.61. The van der Waals surface area contributed by atoms with Crippen LogP contribution >= 0.6 is 24.0 Å². The molecule has 0 heterocycles. The number of rotatable bonds is 6. The maximum Gasteiger partial charge on any atom is 0.129 e. The van der Waals surface area contributed by atoms with Gasteiger partial charge in [-0.05, 0) is 37.1 Å². The summed E-state index contributed by atoms with van der Waals surface area (Å²) < 4.78 is 19.7. The van der Waals surface area contributed by atoms with E-state index in [1.54, 1.807) is 12.1 Å². The molecule has 0 unspecified atom stereocenters. The van der Waals surface area contributed by atoms with Crippen molar-refractivity contribution in [2.45, 2.75) is 64.1 Å². The monoisotopic (exact) mass is 411 g/mol. The molecule has 148 valence electrons. The summed E-state index contributed by atoms with van der Waals surface area (Å²) in [6.07, 6.45) is 9.10. The predicted molar refractivity (Wildman–Crippen MR) is 112 cm³/mol. The molecule has 0 spiro atoms. The van der Waals surface area contributed by atoms with Gasteiger partial charge in [0, 0.05) is 28.7 Å². The highest BCUT2D eigenvalue weighted by Gasteiger charge is 2.13. The normalized spacial score (nSPS) is 15.5. The molecule has 1 saturated carbocycles. The molecular formula is C22H28Cl2FNO. The van der Waals surface area contributed by atoms with Gasteiger partial charge in [0.2, 0.25) is 0 Å². The van der Waals surface area contributed by atoms with Crippen LogP contribution in [0, 0.1) is 5.82 Å². The summed E-state index contributed by atoms with van der Waals surface area (Å²) in [4.78, 5) is 0. The van der Waals surface area contributed by atoms with Crippen molar-refractivity contribution in [2.75, 3.05) is 0 Å². The van der Waals surface area contributed by atoms with Crippen LogP contribution < -0.4 is 10.1 Å². The van der Waals surface area contributed by atoms with Crippen LogP contribution in [0.1, 0.15) is 56.1 Å². The highest BCUT2D eigenvalue weighted by molar-refractivity contribution is 6.30. The van der Waals surface area contributed by atoms with E-state index < -0.39 is 0 Å². The van der Waals surface area contributed by atoms with Crippen LogP contribution in [0.25, 0.3) is 0 Å². The first-order valence-electron chi connectivity index (χ1n) is 9.60. The van der Waals surface area contributed by atoms with Gasteiger partial charge in [0.05, 0.1) is 0 Å². The fraction of sp³-hybridized carbons (Fsp3) is 0.455. The van der Waals surface area contributed by atoms with Crippen LogP contribution in [0.3, 0.4) is 0 Å². The van der Waals surface area contributed by atoms with Crippen molar-refractivity contribution in [1.82, 2.24) is 5.32 Å². The van der Waals surface area contributed by atoms with Crippen LogP contribution in [0.15, 0.2) is 42.5 Å². The Hall–Kier alpha value is -1.29. The quantitative estimate of drug-likeness (QED) is 0.571. The Morgan fingerprint density at radius 1 is 0.963 bits per heavy atom. The Morgan fingerprint density at radius 2 is 1.67 bits per heavy atom. The molecule has 0 radical (unpaired) electrons. The molecule has 2 aromatic rings. The minimum atomic E-state index is -0.240. The SMILES string of the molecule is Cl.Fc1ccccc1COc1ccc(Cl)cc1CNC1CCCCCCC1. The molecule has 0 aliphatic heterocycles. The van der Waals surface area contributed by atoms with Crippen LogP contribution in [0.2, 0.25) is 5.02 Å². The Balaban J connectivity index is 0.00000261. The second-order valence-electron chi connectivity index (χ2n) is 7.06. The van der Waals surface area contributed by atoms with Gasteiger partial charge in [0.1, 0.15) is 18.2 Å². The van der Waals surface area contributed by atoms with Crippen molar-refractivity contribution in [1.29, 1.82) is 0 Å². The van der Waals surface area contributed by atoms with Crippen LogP contribution in [0.4, 0.5) is 4.39 Å². The number of halogens is 3. The van der Waals surface area contributed by atoms with E-state index >= 15 is 0 Å². The van der Waals surface area contributed by atoms with Gasteiger partial charge in [-0.25, -0.2) is 4.39 Å². The highest BCUT2D eigenvalue weighted by atomic mass is 35.5. The summed E-state index contributed by atoms with van der Waals surface area (Å²) in [5, 5.41) is 4.36. The van der Waals surface area contributed by atoms with E-state index in [-0.39, 0.29) is 24.8 Å². The topological polar surface area (TPSA) is 21.3 Å². The maximum atomic E-state index is 13.8. The molecule has 0 saturated heterocycles. The van der Waals surface area contributed by atoms with E-state index in [2.05, 4.69) is 5.32 Å². The largest absolute Gasteiger partial charge is 0.488 e. The summed E-state index contributed by atoms with van der Waals surface area (Å²) >= 11 is 6.19. The second kappa shape index (κ2) is 11.5. The number of hydrogen-bond donors (Lipinski definition) is 1. The molecule has 0 amide bonds. The summed E-state index contributed by atoms with van der Waals surface area (Å²) in [5.41, 5.74) is 1.58. The summed E-state index contributed by atoms with van der Waals surface area (Å²) in [5.74, 6) is 0.520. The average molecular weight is 412 g/mol. The fourth-order valence-electron chi connectivity index (χ4n) is 3.51. The number of ether oxygens (including phenoxy) is 1. The third kappa shape index (κ3) is 6.99. The van der Waals surface area contributed by atoms with Crippen molar-refractivity contribution >= 4 is 24.0 Å². The van der Waals surface area contributed by atoms with Gasteiger partial charge in [0.15, 0.2) is 0 Å². The van der Waals surface area contributed by atoms with Crippen LogP contribution in [-0.2, 0) is 13.2 Å². The molecule has 2 aromatic carbocycles. The van der Waals surface area contributed by atoms with E-state index in [9.17, 15) is 4.39 Å². The third-order valence-electron chi connectivity index (χ3n) is 5.05. The lowest BCUT2D eigenvalue weighted by Crippen LogP contribution is -2.29. The predicted octanol–water partition coefficient (Wildman–Crippen LogP) is 6.68. The number of hydrogen-bond acceptors (Lipinski definition) is 2. The zero-order valence-corrected chi connectivity index (χ0v) is 17.1. The van der Waals surface area contributed by atoms with Crippen molar-refractivity contribution in [3.8, 4) is 5.75 Å². The molecule has 0 atom stereocenters. The summed E-state index contributed by atoms with van der Waals surface area (Å²) in [6, 6.07) is 12.9. The van der Waals surface area contributed by atoms with E-state index in [0.717, 1.165) is 17.9 Å². The Bertz CT molecular complexity index is 702. The first kappa shape index (κ1) is 22.0. The molecule has 1 N–H and O–H groups in total. The molecule has 5 heteroatoms. The highest BCUT2D eigenvalue weighted by Crippen LogP contribution is 2.25. The molecule has 0 aromatic heterocycles. The molecule has 0 bridgehead atoms. The standard InChI is InChI=1S/C22H27ClFNO.ClH/c23-19-12-13-22(26-16-17-8-6-7-11-21(17)24)18(14-19)15-25-20-9-4-2-1-3-5-10-20;/h6-8,11-14,20,25H,1-5,9-10,15-16H2;1H. The molecule has 1 fully saturated rings. The molecule has 27 heavy (non-hydrogen) atoms. The third-order valence-corrected chi connectivity index (χ3v) is 5.29. The van der Waals surface area contributed by atoms with Gasteiger partial charge in [-0.15, -0.1) is 12.4 Å². The van der Waals surface area contributed by atoms with Gasteiger partial charge in [0.25, 0.3) is 0 Å². The zero-order valence-electron chi connectivity index (χ0n) is 15.6. The number of nitrogens with one attached hydrogen (secondary N) is 1. The van der Waals surface area contributed by atoms with E-state index in [4.69, 9.17) is 16.3 Å². The summed E-state index contributed by atoms with van der Waals surface area (Å²) in [7, 11) is 0.